The molecule has 1 heterocycles. The number of amides is 1. The normalized spacial score (nSPS) is 14.5. The van der Waals surface area contributed by atoms with Crippen LogP contribution in [0.3, 0.4) is 0 Å². The fraction of sp³-hybridized carbons (Fsp3) is 0.667. The second kappa shape index (κ2) is 5.84. The minimum Gasteiger partial charge on any atom is -0.368 e. The average Bonchev–Trinajstić information content (AvgIpc) is 2.54. The molecule has 18 heavy (non-hydrogen) atoms. The van der Waals surface area contributed by atoms with Gasteiger partial charge in [0.05, 0.1) is 16.7 Å². The van der Waals surface area contributed by atoms with Crippen molar-refractivity contribution in [3.8, 4) is 0 Å². The van der Waals surface area contributed by atoms with Crippen LogP contribution in [-0.2, 0) is 11.3 Å². The summed E-state index contributed by atoms with van der Waals surface area (Å²) in [5.41, 5.74) is 6.63. The Kier molecular flexibility index (Phi) is 4.92. The van der Waals surface area contributed by atoms with Gasteiger partial charge in [0, 0.05) is 5.69 Å². The first-order valence-corrected chi connectivity index (χ1v) is 6.85. The van der Waals surface area contributed by atoms with E-state index in [1.54, 1.807) is 0 Å². The number of hydrogen-bond acceptors (Lipinski definition) is 3. The number of nitrogens with one attached hydrogen (secondary N) is 1. The van der Waals surface area contributed by atoms with Gasteiger partial charge in [0.1, 0.15) is 5.54 Å². The predicted octanol–water partition coefficient (Wildman–Crippen LogP) is 1.51. The van der Waals surface area contributed by atoms with Crippen molar-refractivity contribution in [2.75, 3.05) is 6.54 Å². The van der Waals surface area contributed by atoms with Gasteiger partial charge in [-0.15, -0.1) is 0 Å². The van der Waals surface area contributed by atoms with Crippen molar-refractivity contribution in [1.29, 1.82) is 0 Å². The first kappa shape index (κ1) is 15.2. The van der Waals surface area contributed by atoms with Crippen molar-refractivity contribution < 1.29 is 4.79 Å². The highest BCUT2D eigenvalue weighted by molar-refractivity contribution is 9.10. The van der Waals surface area contributed by atoms with E-state index in [9.17, 15) is 4.79 Å². The zero-order valence-electron chi connectivity index (χ0n) is 11.4. The van der Waals surface area contributed by atoms with Gasteiger partial charge in [-0.2, -0.15) is 5.10 Å². The Morgan fingerprint density at radius 3 is 2.56 bits per heavy atom. The van der Waals surface area contributed by atoms with Crippen molar-refractivity contribution in [3.63, 3.8) is 0 Å². The van der Waals surface area contributed by atoms with E-state index in [0.717, 1.165) is 28.8 Å². The number of primary amides is 1. The van der Waals surface area contributed by atoms with Crippen LogP contribution in [0.4, 0.5) is 0 Å². The van der Waals surface area contributed by atoms with Gasteiger partial charge in [0.2, 0.25) is 5.91 Å². The molecular weight excluding hydrogens is 296 g/mol. The minimum atomic E-state index is -0.779. The van der Waals surface area contributed by atoms with Crippen LogP contribution in [0.2, 0.25) is 0 Å². The molecule has 0 bridgehead atoms. The lowest BCUT2D eigenvalue weighted by Crippen LogP contribution is -2.56. The number of aromatic nitrogens is 2. The summed E-state index contributed by atoms with van der Waals surface area (Å²) in [6.07, 6.45) is 0.948. The molecule has 5 nitrogen and oxygen atoms in total. The maximum Gasteiger partial charge on any atom is 0.239 e. The van der Waals surface area contributed by atoms with Crippen molar-refractivity contribution in [3.05, 3.63) is 15.9 Å². The number of nitrogens with zero attached hydrogens (tertiary/aromatic N) is 2. The van der Waals surface area contributed by atoms with E-state index in [-0.39, 0.29) is 5.91 Å². The smallest absolute Gasteiger partial charge is 0.239 e. The average molecular weight is 317 g/mol. The molecule has 6 heteroatoms. The number of aryl methyl sites for hydroxylation is 1. The molecule has 0 aliphatic carbocycles. The van der Waals surface area contributed by atoms with Crippen LogP contribution in [-0.4, -0.2) is 27.8 Å². The Labute approximate surface area is 116 Å². The van der Waals surface area contributed by atoms with Crippen LogP contribution in [0.15, 0.2) is 4.47 Å². The van der Waals surface area contributed by atoms with Gasteiger partial charge in [-0.05, 0) is 49.7 Å². The van der Waals surface area contributed by atoms with E-state index >= 15 is 0 Å². The van der Waals surface area contributed by atoms with E-state index < -0.39 is 5.54 Å². The Balaban J connectivity index is 2.96. The number of hydrogen-bond donors (Lipinski definition) is 2. The van der Waals surface area contributed by atoms with Crippen molar-refractivity contribution in [1.82, 2.24) is 15.1 Å². The van der Waals surface area contributed by atoms with Gasteiger partial charge < -0.3 is 11.1 Å². The van der Waals surface area contributed by atoms with Crippen LogP contribution in [0, 0.1) is 13.8 Å². The molecule has 0 saturated carbocycles. The third-order valence-electron chi connectivity index (χ3n) is 3.07. The largest absolute Gasteiger partial charge is 0.368 e. The Bertz CT molecular complexity index is 444. The van der Waals surface area contributed by atoms with E-state index in [0.29, 0.717) is 6.54 Å². The fourth-order valence-electron chi connectivity index (χ4n) is 1.75. The standard InChI is InChI=1S/C12H21BrN4O/c1-5-6-15-12(4,11(14)18)7-17-9(3)10(13)8(2)16-17/h15H,5-7H2,1-4H3,(H2,14,18). The van der Waals surface area contributed by atoms with Crippen molar-refractivity contribution in [2.24, 2.45) is 5.73 Å². The first-order valence-electron chi connectivity index (χ1n) is 6.06. The lowest BCUT2D eigenvalue weighted by atomic mass is 10.0. The molecule has 1 aromatic heterocycles. The Morgan fingerprint density at radius 2 is 2.17 bits per heavy atom. The monoisotopic (exact) mass is 316 g/mol. The molecular formula is C12H21BrN4O. The lowest BCUT2D eigenvalue weighted by molar-refractivity contribution is -0.124. The zero-order valence-corrected chi connectivity index (χ0v) is 13.0. The van der Waals surface area contributed by atoms with Crippen LogP contribution in [0.1, 0.15) is 31.7 Å². The number of carbonyl (C=O) groups excluding carboxylic acids is 1. The minimum absolute atomic E-state index is 0.361. The molecule has 0 aliphatic rings. The second-order valence-corrected chi connectivity index (χ2v) is 5.56. The quantitative estimate of drug-likeness (QED) is 0.835. The van der Waals surface area contributed by atoms with Gasteiger partial charge in [-0.25, -0.2) is 0 Å². The summed E-state index contributed by atoms with van der Waals surface area (Å²) in [6.45, 7) is 8.93. The predicted molar refractivity (Wildman–Crippen MR) is 75.3 cm³/mol. The molecule has 0 aliphatic heterocycles. The molecule has 0 saturated heterocycles. The summed E-state index contributed by atoms with van der Waals surface area (Å²) >= 11 is 3.48. The summed E-state index contributed by atoms with van der Waals surface area (Å²) in [4.78, 5) is 11.6. The molecule has 0 fully saturated rings. The zero-order chi connectivity index (χ0) is 13.9. The van der Waals surface area contributed by atoms with Gasteiger partial charge in [0.15, 0.2) is 0 Å². The molecule has 0 spiro atoms. The Morgan fingerprint density at radius 1 is 1.56 bits per heavy atom. The highest BCUT2D eigenvalue weighted by atomic mass is 79.9. The molecule has 3 N–H and O–H groups in total. The van der Waals surface area contributed by atoms with E-state index in [1.165, 1.54) is 0 Å². The van der Waals surface area contributed by atoms with Crippen LogP contribution >= 0.6 is 15.9 Å². The maximum absolute atomic E-state index is 11.6. The van der Waals surface area contributed by atoms with Crippen LogP contribution in [0.5, 0.6) is 0 Å². The Hall–Kier alpha value is -0.880. The second-order valence-electron chi connectivity index (χ2n) is 4.77. The summed E-state index contributed by atoms with van der Waals surface area (Å²) in [7, 11) is 0. The summed E-state index contributed by atoms with van der Waals surface area (Å²) in [5, 5.41) is 7.61. The first-order chi connectivity index (χ1) is 8.31. The number of carbonyl (C=O) groups is 1. The molecule has 0 radical (unpaired) electrons. The number of halogens is 1. The molecule has 0 aromatic carbocycles. The summed E-state index contributed by atoms with van der Waals surface area (Å²) in [5.74, 6) is -0.361. The molecule has 1 aromatic rings. The van der Waals surface area contributed by atoms with Crippen LogP contribution in [0.25, 0.3) is 0 Å². The van der Waals surface area contributed by atoms with Gasteiger partial charge >= 0.3 is 0 Å². The van der Waals surface area contributed by atoms with Gasteiger partial charge in [-0.3, -0.25) is 9.48 Å². The molecule has 1 amide bonds. The number of rotatable bonds is 6. The number of nitrogens with two attached hydrogens (primary N) is 1. The molecule has 1 rings (SSSR count). The SMILES string of the molecule is CCCNC(C)(Cn1nc(C)c(Br)c1C)C(N)=O. The highest BCUT2D eigenvalue weighted by Gasteiger charge is 2.32. The van der Waals surface area contributed by atoms with Crippen molar-refractivity contribution >= 4 is 21.8 Å². The topological polar surface area (TPSA) is 72.9 Å². The fourth-order valence-corrected chi connectivity index (χ4v) is 2.03. The molecule has 1 unspecified atom stereocenters. The highest BCUT2D eigenvalue weighted by Crippen LogP contribution is 2.21. The van der Waals surface area contributed by atoms with Gasteiger partial charge in [0.25, 0.3) is 0 Å². The van der Waals surface area contributed by atoms with Crippen LogP contribution < -0.4 is 11.1 Å². The maximum atomic E-state index is 11.6. The summed E-state index contributed by atoms with van der Waals surface area (Å²) < 4.78 is 2.79. The van der Waals surface area contributed by atoms with E-state index in [2.05, 4.69) is 26.3 Å². The van der Waals surface area contributed by atoms with Gasteiger partial charge in [-0.1, -0.05) is 6.92 Å². The molecule has 102 valence electrons. The third-order valence-corrected chi connectivity index (χ3v) is 4.22. The van der Waals surface area contributed by atoms with E-state index in [4.69, 9.17) is 5.73 Å². The van der Waals surface area contributed by atoms with E-state index in [1.807, 2.05) is 32.4 Å². The summed E-state index contributed by atoms with van der Waals surface area (Å²) in [6, 6.07) is 0. The third kappa shape index (κ3) is 3.11. The molecule has 1 atom stereocenters. The lowest BCUT2D eigenvalue weighted by Gasteiger charge is -2.27. The van der Waals surface area contributed by atoms with Crippen molar-refractivity contribution in [2.45, 2.75) is 46.2 Å².